The number of likely N-dealkylation sites (N-methyl/N-ethyl adjacent to an activating group) is 1. The van der Waals surface area contributed by atoms with Gasteiger partial charge in [-0.15, -0.1) is 0 Å². The molecule has 0 radical (unpaired) electrons. The number of halogens is 2. The molecule has 1 heterocycles. The number of hydrogen-bond donors (Lipinski definition) is 1. The molecule has 0 saturated heterocycles. The van der Waals surface area contributed by atoms with E-state index in [4.69, 9.17) is 9.47 Å². The smallest absolute Gasteiger partial charge is 0.264 e. The Morgan fingerprint density at radius 3 is 2.09 bits per heavy atom. The van der Waals surface area contributed by atoms with Gasteiger partial charge < -0.3 is 19.7 Å². The molecule has 0 bridgehead atoms. The summed E-state index contributed by atoms with van der Waals surface area (Å²) in [5.74, 6) is -1.65. The van der Waals surface area contributed by atoms with Crippen LogP contribution in [-0.4, -0.2) is 58.0 Å². The molecule has 45 heavy (non-hydrogen) atoms. The topological polar surface area (TPSA) is 105 Å². The lowest BCUT2D eigenvalue weighted by Gasteiger charge is -2.33. The van der Waals surface area contributed by atoms with Crippen LogP contribution in [0, 0.1) is 11.6 Å². The average molecular weight is 636 g/mol. The van der Waals surface area contributed by atoms with Crippen LogP contribution < -0.4 is 19.1 Å². The minimum Gasteiger partial charge on any atom is -0.486 e. The Bertz CT molecular complexity index is 1750. The molecule has 1 aliphatic heterocycles. The third-order valence-corrected chi connectivity index (χ3v) is 9.05. The molecule has 4 aromatic rings. The third kappa shape index (κ3) is 7.40. The van der Waals surface area contributed by atoms with Gasteiger partial charge in [-0.1, -0.05) is 42.5 Å². The van der Waals surface area contributed by atoms with Crippen LogP contribution in [0.5, 0.6) is 11.5 Å². The SMILES string of the molecule is CNC(=O)[C@@H](Cc1ccccc1)N(Cc1ccc(F)cc1)C(=O)CN(c1ccc(F)cc1)S(=O)(=O)c1ccc2c(c1)OCCO2. The largest absolute Gasteiger partial charge is 0.486 e. The van der Waals surface area contributed by atoms with Gasteiger partial charge in [-0.25, -0.2) is 17.2 Å². The Morgan fingerprint density at radius 1 is 0.822 bits per heavy atom. The molecule has 4 aromatic carbocycles. The van der Waals surface area contributed by atoms with Crippen LogP contribution >= 0.6 is 0 Å². The number of benzene rings is 4. The van der Waals surface area contributed by atoms with Gasteiger partial charge in [0.15, 0.2) is 11.5 Å². The first-order valence-corrected chi connectivity index (χ1v) is 15.6. The summed E-state index contributed by atoms with van der Waals surface area (Å²) in [5.41, 5.74) is 1.32. The van der Waals surface area contributed by atoms with E-state index in [0.717, 1.165) is 22.0 Å². The third-order valence-electron chi connectivity index (χ3n) is 7.28. The number of sulfonamides is 1. The van der Waals surface area contributed by atoms with Crippen LogP contribution in [0.3, 0.4) is 0 Å². The maximum absolute atomic E-state index is 14.3. The van der Waals surface area contributed by atoms with Crippen LogP contribution in [0.4, 0.5) is 14.5 Å². The summed E-state index contributed by atoms with van der Waals surface area (Å²) in [6.45, 7) is -0.302. The molecule has 0 aliphatic carbocycles. The van der Waals surface area contributed by atoms with E-state index in [1.165, 1.54) is 66.5 Å². The van der Waals surface area contributed by atoms with Crippen molar-refractivity contribution in [1.29, 1.82) is 0 Å². The highest BCUT2D eigenvalue weighted by molar-refractivity contribution is 7.92. The second kappa shape index (κ2) is 13.8. The molecule has 0 aromatic heterocycles. The van der Waals surface area contributed by atoms with Gasteiger partial charge in [-0.05, 0) is 59.7 Å². The molecular formula is C33H31F2N3O6S. The minimum absolute atomic E-state index is 0.0286. The summed E-state index contributed by atoms with van der Waals surface area (Å²) in [6.07, 6.45) is 0.124. The van der Waals surface area contributed by atoms with Crippen LogP contribution in [0.15, 0.2) is 102 Å². The Balaban J connectivity index is 1.55. The van der Waals surface area contributed by atoms with E-state index in [1.807, 2.05) is 18.2 Å². The molecule has 9 nitrogen and oxygen atoms in total. The van der Waals surface area contributed by atoms with Crippen molar-refractivity contribution in [3.63, 3.8) is 0 Å². The number of carbonyl (C=O) groups is 2. The van der Waals surface area contributed by atoms with Crippen molar-refractivity contribution in [2.24, 2.45) is 0 Å². The molecule has 1 N–H and O–H groups in total. The second-order valence-corrected chi connectivity index (χ2v) is 12.1. The summed E-state index contributed by atoms with van der Waals surface area (Å²) in [6, 6.07) is 22.3. The maximum Gasteiger partial charge on any atom is 0.264 e. The van der Waals surface area contributed by atoms with Crippen LogP contribution in [0.1, 0.15) is 11.1 Å². The average Bonchev–Trinajstić information content (AvgIpc) is 3.06. The van der Waals surface area contributed by atoms with Crippen LogP contribution in [0.25, 0.3) is 0 Å². The molecule has 5 rings (SSSR count). The van der Waals surface area contributed by atoms with Gasteiger partial charge in [0, 0.05) is 26.1 Å². The summed E-state index contributed by atoms with van der Waals surface area (Å²) in [7, 11) is -3.00. The van der Waals surface area contributed by atoms with E-state index in [2.05, 4.69) is 5.32 Å². The molecule has 1 aliphatic rings. The lowest BCUT2D eigenvalue weighted by Crippen LogP contribution is -2.53. The zero-order valence-electron chi connectivity index (χ0n) is 24.4. The van der Waals surface area contributed by atoms with Gasteiger partial charge in [-0.2, -0.15) is 0 Å². The van der Waals surface area contributed by atoms with Gasteiger partial charge in [0.2, 0.25) is 11.8 Å². The molecule has 0 spiro atoms. The normalized spacial score (nSPS) is 13.0. The van der Waals surface area contributed by atoms with Crippen LogP contribution in [0.2, 0.25) is 0 Å². The van der Waals surface area contributed by atoms with Crippen molar-refractivity contribution in [3.05, 3.63) is 120 Å². The van der Waals surface area contributed by atoms with Gasteiger partial charge >= 0.3 is 0 Å². The fraction of sp³-hybridized carbons (Fsp3) is 0.212. The second-order valence-electron chi connectivity index (χ2n) is 10.3. The Kier molecular flexibility index (Phi) is 9.62. The highest BCUT2D eigenvalue weighted by Crippen LogP contribution is 2.34. The molecule has 234 valence electrons. The number of nitrogens with one attached hydrogen (secondary N) is 1. The quantitative estimate of drug-likeness (QED) is 0.263. The van der Waals surface area contributed by atoms with Crippen molar-refractivity contribution in [3.8, 4) is 11.5 Å². The summed E-state index contributed by atoms with van der Waals surface area (Å²) < 4.78 is 67.9. The lowest BCUT2D eigenvalue weighted by atomic mass is 10.0. The number of rotatable bonds is 11. The van der Waals surface area contributed by atoms with Crippen molar-refractivity contribution in [2.75, 3.05) is 31.1 Å². The number of hydrogen-bond acceptors (Lipinski definition) is 6. The molecule has 2 amide bonds. The Hall–Kier alpha value is -4.97. The molecule has 0 fully saturated rings. The summed E-state index contributed by atoms with van der Waals surface area (Å²) in [5, 5.41) is 2.60. The Labute approximate surface area is 260 Å². The van der Waals surface area contributed by atoms with E-state index < -0.39 is 46.1 Å². The first kappa shape index (κ1) is 31.5. The predicted octanol–water partition coefficient (Wildman–Crippen LogP) is 4.32. The fourth-order valence-electron chi connectivity index (χ4n) is 4.95. The van der Waals surface area contributed by atoms with E-state index in [9.17, 15) is 26.8 Å². The highest BCUT2D eigenvalue weighted by atomic mass is 32.2. The molecule has 0 saturated carbocycles. The zero-order chi connectivity index (χ0) is 32.0. The van der Waals surface area contributed by atoms with E-state index in [0.29, 0.717) is 17.9 Å². The van der Waals surface area contributed by atoms with E-state index in [1.54, 1.807) is 12.1 Å². The molecule has 1 atom stereocenters. The molecular weight excluding hydrogens is 604 g/mol. The summed E-state index contributed by atoms with van der Waals surface area (Å²) in [4.78, 5) is 28.7. The first-order chi connectivity index (χ1) is 21.7. The fourth-order valence-corrected chi connectivity index (χ4v) is 6.38. The summed E-state index contributed by atoms with van der Waals surface area (Å²) >= 11 is 0. The zero-order valence-corrected chi connectivity index (χ0v) is 25.2. The maximum atomic E-state index is 14.3. The molecule has 12 heteroatoms. The van der Waals surface area contributed by atoms with Gasteiger partial charge in [-0.3, -0.25) is 13.9 Å². The van der Waals surface area contributed by atoms with Gasteiger partial charge in [0.1, 0.15) is 37.4 Å². The Morgan fingerprint density at radius 2 is 1.44 bits per heavy atom. The highest BCUT2D eigenvalue weighted by Gasteiger charge is 2.35. The first-order valence-electron chi connectivity index (χ1n) is 14.1. The van der Waals surface area contributed by atoms with Gasteiger partial charge in [0.25, 0.3) is 10.0 Å². The number of amides is 2. The van der Waals surface area contributed by atoms with Crippen molar-refractivity contribution < 1.29 is 36.3 Å². The van der Waals surface area contributed by atoms with Crippen LogP contribution in [-0.2, 0) is 32.6 Å². The number of carbonyl (C=O) groups excluding carboxylic acids is 2. The van der Waals surface area contributed by atoms with Gasteiger partial charge in [0.05, 0.1) is 10.6 Å². The van der Waals surface area contributed by atoms with Crippen molar-refractivity contribution in [1.82, 2.24) is 10.2 Å². The number of ether oxygens (including phenoxy) is 2. The number of fused-ring (bicyclic) bond motifs is 1. The predicted molar refractivity (Wildman–Crippen MR) is 163 cm³/mol. The standard InChI is InChI=1S/C33H31F2N3O6S/c1-36-33(40)29(19-23-5-3-2-4-6-23)37(21-24-7-9-25(34)10-8-24)32(39)22-38(27-13-11-26(35)12-14-27)45(41,42)28-15-16-30-31(20-28)44-18-17-43-30/h2-16,20,29H,17-19,21-22H2,1H3,(H,36,40)/t29-/m1/s1. The van der Waals surface area contributed by atoms with Crippen molar-refractivity contribution >= 4 is 27.5 Å². The minimum atomic E-state index is -4.44. The van der Waals surface area contributed by atoms with Crippen molar-refractivity contribution in [2.45, 2.75) is 23.9 Å². The monoisotopic (exact) mass is 635 g/mol. The number of nitrogens with zero attached hydrogens (tertiary/aromatic N) is 2. The molecule has 0 unspecified atom stereocenters. The lowest BCUT2D eigenvalue weighted by molar-refractivity contribution is -0.139. The number of anilines is 1. The van der Waals surface area contributed by atoms with E-state index in [-0.39, 0.29) is 35.9 Å². The van der Waals surface area contributed by atoms with E-state index >= 15 is 0 Å².